The van der Waals surface area contributed by atoms with Crippen molar-refractivity contribution in [2.45, 2.75) is 6.42 Å². The summed E-state index contributed by atoms with van der Waals surface area (Å²) in [7, 11) is 0. The quantitative estimate of drug-likeness (QED) is 0.803. The second kappa shape index (κ2) is 4.85. The lowest BCUT2D eigenvalue weighted by Crippen LogP contribution is -2.04. The summed E-state index contributed by atoms with van der Waals surface area (Å²) in [5.41, 5.74) is 1.35. The number of carboxylic acid groups (broad SMARTS) is 1. The summed E-state index contributed by atoms with van der Waals surface area (Å²) in [5.74, 6) is -0.493. The minimum atomic E-state index is -0.976. The molecule has 0 unspecified atom stereocenters. The van der Waals surface area contributed by atoms with Crippen molar-refractivity contribution in [2.75, 3.05) is 0 Å². The Morgan fingerprint density at radius 3 is 2.90 bits per heavy atom. The van der Waals surface area contributed by atoms with Crippen LogP contribution in [0.5, 0.6) is 0 Å². The van der Waals surface area contributed by atoms with Gasteiger partial charge in [-0.05, 0) is 18.2 Å². The van der Waals surface area contributed by atoms with Crippen LogP contribution in [0.1, 0.15) is 5.69 Å². The first-order chi connectivity index (χ1) is 9.56. The van der Waals surface area contributed by atoms with E-state index in [0.717, 1.165) is 0 Å². The van der Waals surface area contributed by atoms with Crippen LogP contribution < -0.4 is 0 Å². The normalized spacial score (nSPS) is 11.1. The fraction of sp³-hybridized carbons (Fsp3) is 0.0769. The Morgan fingerprint density at radius 2 is 2.25 bits per heavy atom. The molecule has 1 N–H and O–H groups in total. The molecule has 20 heavy (non-hydrogen) atoms. The van der Waals surface area contributed by atoms with E-state index >= 15 is 0 Å². The molecule has 0 aliphatic heterocycles. The van der Waals surface area contributed by atoms with Crippen LogP contribution in [0.2, 0.25) is 10.0 Å². The van der Waals surface area contributed by atoms with Gasteiger partial charge in [-0.15, -0.1) is 0 Å². The molecule has 0 aromatic carbocycles. The molecule has 0 saturated heterocycles. The summed E-state index contributed by atoms with van der Waals surface area (Å²) in [5, 5.41) is 9.82. The second-order valence-electron chi connectivity index (χ2n) is 4.15. The van der Waals surface area contributed by atoms with Crippen LogP contribution >= 0.6 is 23.2 Å². The summed E-state index contributed by atoms with van der Waals surface area (Å²) < 4.78 is 6.88. The molecular weight excluding hydrogens is 303 g/mol. The van der Waals surface area contributed by atoms with Gasteiger partial charge in [-0.1, -0.05) is 23.2 Å². The maximum absolute atomic E-state index is 11.1. The third kappa shape index (κ3) is 2.15. The maximum atomic E-state index is 11.1. The number of hydrogen-bond acceptors (Lipinski definition) is 3. The molecule has 0 radical (unpaired) electrons. The number of imidazole rings is 1. The number of aliphatic carboxylic acids is 1. The van der Waals surface area contributed by atoms with Gasteiger partial charge >= 0.3 is 5.97 Å². The highest BCUT2D eigenvalue weighted by Crippen LogP contribution is 2.30. The first kappa shape index (κ1) is 13.0. The highest BCUT2D eigenvalue weighted by molar-refractivity contribution is 6.36. The molecule has 0 amide bonds. The van der Waals surface area contributed by atoms with E-state index in [4.69, 9.17) is 32.7 Å². The Kier molecular flexibility index (Phi) is 3.16. The average molecular weight is 311 g/mol. The molecular formula is C13H8Cl2N2O3. The topological polar surface area (TPSA) is 67.7 Å². The Balaban J connectivity index is 2.33. The van der Waals surface area contributed by atoms with Gasteiger partial charge < -0.3 is 9.52 Å². The van der Waals surface area contributed by atoms with Gasteiger partial charge in [0.25, 0.3) is 0 Å². The van der Waals surface area contributed by atoms with Gasteiger partial charge in [0.15, 0.2) is 11.4 Å². The average Bonchev–Trinajstić information content (AvgIpc) is 2.97. The number of halogens is 2. The van der Waals surface area contributed by atoms with Gasteiger partial charge in [0.05, 0.1) is 28.4 Å². The van der Waals surface area contributed by atoms with Gasteiger partial charge in [0, 0.05) is 6.20 Å². The number of furan rings is 1. The van der Waals surface area contributed by atoms with E-state index in [1.165, 1.54) is 6.26 Å². The van der Waals surface area contributed by atoms with Gasteiger partial charge in [0.2, 0.25) is 0 Å². The molecule has 3 aromatic heterocycles. The van der Waals surface area contributed by atoms with E-state index in [-0.39, 0.29) is 6.42 Å². The summed E-state index contributed by atoms with van der Waals surface area (Å²) >= 11 is 12.1. The fourth-order valence-electron chi connectivity index (χ4n) is 2.04. The molecule has 0 atom stereocenters. The largest absolute Gasteiger partial charge is 0.481 e. The van der Waals surface area contributed by atoms with E-state index in [9.17, 15) is 4.79 Å². The Bertz CT molecular complexity index is 794. The van der Waals surface area contributed by atoms with Gasteiger partial charge in [-0.3, -0.25) is 9.20 Å². The number of hydrogen-bond donors (Lipinski definition) is 1. The highest BCUT2D eigenvalue weighted by atomic mass is 35.5. The van der Waals surface area contributed by atoms with Crippen molar-refractivity contribution < 1.29 is 14.3 Å². The van der Waals surface area contributed by atoms with Crippen molar-refractivity contribution in [2.24, 2.45) is 0 Å². The van der Waals surface area contributed by atoms with Crippen molar-refractivity contribution in [1.29, 1.82) is 0 Å². The standard InChI is InChI=1S/C13H8Cl2N2O3/c14-7-4-8(15)13-16-12(10-2-1-3-20-10)9(5-11(18)19)17(13)6-7/h1-4,6H,5H2,(H,18,19). The fourth-order valence-corrected chi connectivity index (χ4v) is 2.56. The zero-order chi connectivity index (χ0) is 14.3. The minimum Gasteiger partial charge on any atom is -0.481 e. The molecule has 3 aromatic rings. The third-order valence-electron chi connectivity index (χ3n) is 2.81. The zero-order valence-electron chi connectivity index (χ0n) is 10.0. The van der Waals surface area contributed by atoms with Crippen molar-refractivity contribution in [3.63, 3.8) is 0 Å². The predicted octanol–water partition coefficient (Wildman–Crippen LogP) is 3.53. The smallest absolute Gasteiger partial charge is 0.309 e. The summed E-state index contributed by atoms with van der Waals surface area (Å²) in [6.07, 6.45) is 2.87. The van der Waals surface area contributed by atoms with Crippen molar-refractivity contribution in [3.8, 4) is 11.5 Å². The number of nitrogens with zero attached hydrogens (tertiary/aromatic N) is 2. The molecule has 3 heterocycles. The van der Waals surface area contributed by atoms with Crippen molar-refractivity contribution in [3.05, 3.63) is 46.4 Å². The number of carboxylic acids is 1. The Labute approximate surface area is 123 Å². The lowest BCUT2D eigenvalue weighted by atomic mass is 10.2. The molecule has 0 aliphatic rings. The van der Waals surface area contributed by atoms with Crippen LogP contribution in [-0.4, -0.2) is 20.5 Å². The van der Waals surface area contributed by atoms with E-state index < -0.39 is 5.97 Å². The summed E-state index contributed by atoms with van der Waals surface area (Å²) in [6, 6.07) is 4.98. The molecule has 0 bridgehead atoms. The first-order valence-electron chi connectivity index (χ1n) is 5.68. The monoisotopic (exact) mass is 310 g/mol. The van der Waals surface area contributed by atoms with Crippen LogP contribution in [0.25, 0.3) is 17.1 Å². The molecule has 102 valence electrons. The number of rotatable bonds is 3. The third-order valence-corrected chi connectivity index (χ3v) is 3.30. The van der Waals surface area contributed by atoms with E-state index in [1.807, 2.05) is 0 Å². The number of carbonyl (C=O) groups is 1. The van der Waals surface area contributed by atoms with E-state index in [0.29, 0.717) is 32.8 Å². The van der Waals surface area contributed by atoms with Crippen LogP contribution in [0.3, 0.4) is 0 Å². The molecule has 3 rings (SSSR count). The number of aromatic nitrogens is 2. The Morgan fingerprint density at radius 1 is 1.45 bits per heavy atom. The molecule has 0 spiro atoms. The number of fused-ring (bicyclic) bond motifs is 1. The van der Waals surface area contributed by atoms with Crippen LogP contribution in [-0.2, 0) is 11.2 Å². The van der Waals surface area contributed by atoms with Crippen molar-refractivity contribution in [1.82, 2.24) is 9.38 Å². The predicted molar refractivity (Wildman–Crippen MR) is 74.3 cm³/mol. The summed E-state index contributed by atoms with van der Waals surface area (Å²) in [6.45, 7) is 0. The highest BCUT2D eigenvalue weighted by Gasteiger charge is 2.20. The molecule has 0 aliphatic carbocycles. The SMILES string of the molecule is O=C(O)Cc1c(-c2ccco2)nc2c(Cl)cc(Cl)cn12. The molecule has 7 heteroatoms. The molecule has 0 saturated carbocycles. The summed E-state index contributed by atoms with van der Waals surface area (Å²) in [4.78, 5) is 15.4. The molecule has 5 nitrogen and oxygen atoms in total. The maximum Gasteiger partial charge on any atom is 0.309 e. The minimum absolute atomic E-state index is 0.214. The van der Waals surface area contributed by atoms with E-state index in [2.05, 4.69) is 4.98 Å². The lowest BCUT2D eigenvalue weighted by Gasteiger charge is -2.02. The second-order valence-corrected chi connectivity index (χ2v) is 5.00. The Hall–Kier alpha value is -1.98. The first-order valence-corrected chi connectivity index (χ1v) is 6.43. The van der Waals surface area contributed by atoms with Crippen LogP contribution in [0.15, 0.2) is 35.1 Å². The van der Waals surface area contributed by atoms with Crippen LogP contribution in [0.4, 0.5) is 0 Å². The van der Waals surface area contributed by atoms with Gasteiger partial charge in [0.1, 0.15) is 5.69 Å². The van der Waals surface area contributed by atoms with Crippen LogP contribution in [0, 0.1) is 0 Å². The molecule has 0 fully saturated rings. The number of pyridine rings is 1. The zero-order valence-corrected chi connectivity index (χ0v) is 11.5. The van der Waals surface area contributed by atoms with Gasteiger partial charge in [-0.25, -0.2) is 4.98 Å². The van der Waals surface area contributed by atoms with Crippen molar-refractivity contribution >= 4 is 34.8 Å². The lowest BCUT2D eigenvalue weighted by molar-refractivity contribution is -0.136. The van der Waals surface area contributed by atoms with E-state index in [1.54, 1.807) is 28.8 Å². The van der Waals surface area contributed by atoms with Gasteiger partial charge in [-0.2, -0.15) is 0 Å².